The minimum Gasteiger partial charge on any atom is -0.352 e. The van der Waals surface area contributed by atoms with Crippen molar-refractivity contribution in [3.05, 3.63) is 11.6 Å². The van der Waals surface area contributed by atoms with Gasteiger partial charge in [-0.2, -0.15) is 9.97 Å². The summed E-state index contributed by atoms with van der Waals surface area (Å²) in [5, 5.41) is 0.235. The van der Waals surface area contributed by atoms with E-state index in [0.717, 1.165) is 17.9 Å². The maximum Gasteiger partial charge on any atom is 0.226 e. The van der Waals surface area contributed by atoms with Crippen LogP contribution in [0.25, 0.3) is 11.2 Å². The zero-order valence-electron chi connectivity index (χ0n) is 11.1. The van der Waals surface area contributed by atoms with Gasteiger partial charge in [0.1, 0.15) is 5.52 Å². The Labute approximate surface area is 112 Å². The molecule has 1 N–H and O–H groups in total. The molecule has 2 heterocycles. The molecule has 0 aliphatic rings. The SMILES string of the molecule is CC(C)CN(c1nc(Cl)nc2nc[nH]c12)C(C)C. The number of nitrogens with zero attached hydrogens (tertiary/aromatic N) is 4. The van der Waals surface area contributed by atoms with Gasteiger partial charge in [0.2, 0.25) is 5.28 Å². The monoisotopic (exact) mass is 267 g/mol. The summed E-state index contributed by atoms with van der Waals surface area (Å²) in [6.07, 6.45) is 1.62. The number of imidazole rings is 1. The van der Waals surface area contributed by atoms with E-state index in [4.69, 9.17) is 11.6 Å². The third-order valence-electron chi connectivity index (χ3n) is 2.70. The van der Waals surface area contributed by atoms with Crippen LogP contribution in [0.15, 0.2) is 6.33 Å². The topological polar surface area (TPSA) is 57.7 Å². The van der Waals surface area contributed by atoms with E-state index in [2.05, 4.69) is 52.5 Å². The Morgan fingerprint density at radius 1 is 1.28 bits per heavy atom. The van der Waals surface area contributed by atoms with E-state index in [1.54, 1.807) is 6.33 Å². The summed E-state index contributed by atoms with van der Waals surface area (Å²) < 4.78 is 0. The van der Waals surface area contributed by atoms with Gasteiger partial charge in [-0.25, -0.2) is 4.98 Å². The number of halogens is 1. The highest BCUT2D eigenvalue weighted by Crippen LogP contribution is 2.25. The first-order chi connectivity index (χ1) is 8.49. The molecule has 2 aromatic heterocycles. The summed E-state index contributed by atoms with van der Waals surface area (Å²) in [6.45, 7) is 9.56. The fourth-order valence-corrected chi connectivity index (χ4v) is 2.10. The van der Waals surface area contributed by atoms with Crippen molar-refractivity contribution in [1.29, 1.82) is 0 Å². The summed E-state index contributed by atoms with van der Waals surface area (Å²) >= 11 is 5.96. The lowest BCUT2D eigenvalue weighted by Crippen LogP contribution is -2.35. The minimum atomic E-state index is 0.235. The zero-order chi connectivity index (χ0) is 13.3. The smallest absolute Gasteiger partial charge is 0.226 e. The van der Waals surface area contributed by atoms with Crippen molar-refractivity contribution in [3.63, 3.8) is 0 Å². The highest BCUT2D eigenvalue weighted by molar-refractivity contribution is 6.28. The van der Waals surface area contributed by atoms with Crippen molar-refractivity contribution in [1.82, 2.24) is 19.9 Å². The lowest BCUT2D eigenvalue weighted by atomic mass is 10.2. The highest BCUT2D eigenvalue weighted by Gasteiger charge is 2.19. The maximum absolute atomic E-state index is 5.96. The molecule has 0 saturated heterocycles. The third-order valence-corrected chi connectivity index (χ3v) is 2.87. The van der Waals surface area contributed by atoms with Crippen LogP contribution in [-0.2, 0) is 0 Å². The molecule has 0 saturated carbocycles. The molecule has 0 radical (unpaired) electrons. The van der Waals surface area contributed by atoms with E-state index in [-0.39, 0.29) is 5.28 Å². The summed E-state index contributed by atoms with van der Waals surface area (Å²) in [6, 6.07) is 0.338. The predicted molar refractivity (Wildman–Crippen MR) is 74.0 cm³/mol. The number of hydrogen-bond donors (Lipinski definition) is 1. The lowest BCUT2D eigenvalue weighted by Gasteiger charge is -2.29. The van der Waals surface area contributed by atoms with Crippen molar-refractivity contribution in [2.75, 3.05) is 11.4 Å². The zero-order valence-corrected chi connectivity index (χ0v) is 11.9. The highest BCUT2D eigenvalue weighted by atomic mass is 35.5. The molecular weight excluding hydrogens is 250 g/mol. The van der Waals surface area contributed by atoms with Gasteiger partial charge in [0.25, 0.3) is 0 Å². The summed E-state index contributed by atoms with van der Waals surface area (Å²) in [5.41, 5.74) is 1.45. The molecule has 2 rings (SSSR count). The second-order valence-corrected chi connectivity index (χ2v) is 5.40. The number of aromatic nitrogens is 4. The van der Waals surface area contributed by atoms with Gasteiger partial charge in [-0.05, 0) is 31.4 Å². The van der Waals surface area contributed by atoms with Gasteiger partial charge in [-0.3, -0.25) is 0 Å². The largest absolute Gasteiger partial charge is 0.352 e. The number of aromatic amines is 1. The standard InChI is InChI=1S/C12H18ClN5/c1-7(2)5-18(8(3)4)11-9-10(15-6-14-9)16-12(13)17-11/h6-8H,5H2,1-4H3,(H,14,15,16,17). The molecule has 0 unspecified atom stereocenters. The number of nitrogens with one attached hydrogen (secondary N) is 1. The molecule has 0 aliphatic heterocycles. The lowest BCUT2D eigenvalue weighted by molar-refractivity contribution is 0.567. The van der Waals surface area contributed by atoms with Crippen LogP contribution in [0.1, 0.15) is 27.7 Å². The van der Waals surface area contributed by atoms with Crippen molar-refractivity contribution in [2.24, 2.45) is 5.92 Å². The average Bonchev–Trinajstić information content (AvgIpc) is 2.71. The summed E-state index contributed by atoms with van der Waals surface area (Å²) in [7, 11) is 0. The van der Waals surface area contributed by atoms with Crippen LogP contribution in [0, 0.1) is 5.92 Å². The average molecular weight is 268 g/mol. The molecule has 0 aliphatic carbocycles. The molecule has 5 nitrogen and oxygen atoms in total. The van der Waals surface area contributed by atoms with Gasteiger partial charge in [0, 0.05) is 12.6 Å². The van der Waals surface area contributed by atoms with Gasteiger partial charge >= 0.3 is 0 Å². The number of hydrogen-bond acceptors (Lipinski definition) is 4. The Morgan fingerprint density at radius 3 is 2.61 bits per heavy atom. The quantitative estimate of drug-likeness (QED) is 0.866. The van der Waals surface area contributed by atoms with Crippen molar-refractivity contribution >= 4 is 28.6 Å². The third kappa shape index (κ3) is 2.56. The summed E-state index contributed by atoms with van der Waals surface area (Å²) in [5.74, 6) is 1.37. The van der Waals surface area contributed by atoms with Crippen LogP contribution >= 0.6 is 11.6 Å². The van der Waals surface area contributed by atoms with Crippen LogP contribution in [0.3, 0.4) is 0 Å². The number of rotatable bonds is 4. The summed E-state index contributed by atoms with van der Waals surface area (Å²) in [4.78, 5) is 17.9. The fraction of sp³-hybridized carbons (Fsp3) is 0.583. The van der Waals surface area contributed by atoms with Crippen LogP contribution in [0.4, 0.5) is 5.82 Å². The number of fused-ring (bicyclic) bond motifs is 1. The van der Waals surface area contributed by atoms with E-state index >= 15 is 0 Å². The first-order valence-electron chi connectivity index (χ1n) is 6.12. The van der Waals surface area contributed by atoms with E-state index in [1.165, 1.54) is 0 Å². The predicted octanol–water partition coefficient (Wildman–Crippen LogP) is 2.88. The van der Waals surface area contributed by atoms with Crippen LogP contribution < -0.4 is 4.90 Å². The molecule has 98 valence electrons. The molecule has 0 aromatic carbocycles. The molecular formula is C12H18ClN5. The van der Waals surface area contributed by atoms with E-state index in [1.807, 2.05) is 0 Å². The van der Waals surface area contributed by atoms with Crippen molar-refractivity contribution in [2.45, 2.75) is 33.7 Å². The second kappa shape index (κ2) is 5.10. The van der Waals surface area contributed by atoms with E-state index < -0.39 is 0 Å². The van der Waals surface area contributed by atoms with Crippen LogP contribution in [0.5, 0.6) is 0 Å². The van der Waals surface area contributed by atoms with Crippen molar-refractivity contribution in [3.8, 4) is 0 Å². The van der Waals surface area contributed by atoms with E-state index in [0.29, 0.717) is 17.6 Å². The molecule has 2 aromatic rings. The Hall–Kier alpha value is -1.36. The first-order valence-corrected chi connectivity index (χ1v) is 6.50. The Morgan fingerprint density at radius 2 is 2.00 bits per heavy atom. The Kier molecular flexibility index (Phi) is 3.71. The minimum absolute atomic E-state index is 0.235. The molecule has 0 spiro atoms. The first kappa shape index (κ1) is 13.1. The molecule has 18 heavy (non-hydrogen) atoms. The normalized spacial score (nSPS) is 11.7. The van der Waals surface area contributed by atoms with Gasteiger partial charge in [-0.15, -0.1) is 0 Å². The number of anilines is 1. The van der Waals surface area contributed by atoms with E-state index in [9.17, 15) is 0 Å². The van der Waals surface area contributed by atoms with Gasteiger partial charge in [-0.1, -0.05) is 13.8 Å². The maximum atomic E-state index is 5.96. The second-order valence-electron chi connectivity index (χ2n) is 5.06. The van der Waals surface area contributed by atoms with Crippen molar-refractivity contribution < 1.29 is 0 Å². The van der Waals surface area contributed by atoms with Gasteiger partial charge in [0.05, 0.1) is 6.33 Å². The molecule has 0 bridgehead atoms. The Bertz CT molecular complexity index is 534. The Balaban J connectivity index is 2.52. The molecule has 0 amide bonds. The number of H-pyrrole nitrogens is 1. The molecule has 0 fully saturated rings. The van der Waals surface area contributed by atoms with Gasteiger partial charge < -0.3 is 9.88 Å². The fourth-order valence-electron chi connectivity index (χ4n) is 1.94. The van der Waals surface area contributed by atoms with Crippen LogP contribution in [0.2, 0.25) is 5.28 Å². The molecule has 6 heteroatoms. The van der Waals surface area contributed by atoms with Gasteiger partial charge in [0.15, 0.2) is 11.5 Å². The molecule has 0 atom stereocenters. The van der Waals surface area contributed by atoms with Crippen LogP contribution in [-0.4, -0.2) is 32.5 Å².